The molecule has 1 aliphatic rings. The molecular formula is C22H20Cl2N4O3. The molecular weight excluding hydrogens is 439 g/mol. The molecule has 0 spiro atoms. The van der Waals surface area contributed by atoms with E-state index >= 15 is 0 Å². The highest BCUT2D eigenvalue weighted by molar-refractivity contribution is 6.42. The van der Waals surface area contributed by atoms with Gasteiger partial charge in [-0.3, -0.25) is 4.79 Å². The van der Waals surface area contributed by atoms with Crippen molar-refractivity contribution in [1.82, 2.24) is 10.3 Å². The number of hydrogen-bond donors (Lipinski definition) is 1. The van der Waals surface area contributed by atoms with E-state index in [2.05, 4.69) is 16.4 Å². The van der Waals surface area contributed by atoms with Gasteiger partial charge in [0.05, 0.1) is 22.4 Å². The Balaban J connectivity index is 1.38. The molecule has 1 atom stereocenters. The molecule has 4 rings (SSSR count). The van der Waals surface area contributed by atoms with Crippen molar-refractivity contribution in [3.8, 4) is 17.7 Å². The fourth-order valence-electron chi connectivity index (χ4n) is 3.65. The van der Waals surface area contributed by atoms with Crippen LogP contribution in [-0.4, -0.2) is 24.0 Å². The third-order valence-corrected chi connectivity index (χ3v) is 6.14. The first-order valence-corrected chi connectivity index (χ1v) is 10.7. The maximum Gasteiger partial charge on any atom is 0.266 e. The van der Waals surface area contributed by atoms with Crippen LogP contribution in [0.3, 0.4) is 0 Å². The quantitative estimate of drug-likeness (QED) is 0.563. The molecule has 9 heteroatoms. The van der Waals surface area contributed by atoms with Crippen molar-refractivity contribution in [2.75, 3.05) is 18.0 Å². The van der Waals surface area contributed by atoms with Gasteiger partial charge in [-0.2, -0.15) is 10.2 Å². The van der Waals surface area contributed by atoms with Crippen LogP contribution in [0.2, 0.25) is 10.0 Å². The number of piperidine rings is 1. The van der Waals surface area contributed by atoms with E-state index in [1.54, 1.807) is 24.3 Å². The number of oxazole rings is 1. The largest absolute Gasteiger partial charge is 0.459 e. The standard InChI is InChI=1S/C22H20Cl2N4O3/c1-13(15-4-5-16(23)17(24)11-15)26-20(29)14-6-8-28(9-7-14)22-18(12-25)27-21(31-22)19-3-2-10-30-19/h2-5,10-11,13-14H,6-9H2,1H3,(H,26,29). The van der Waals surface area contributed by atoms with Gasteiger partial charge in [-0.15, -0.1) is 0 Å². The number of nitrogens with one attached hydrogen (secondary N) is 1. The molecule has 0 aliphatic carbocycles. The maximum absolute atomic E-state index is 12.8. The molecule has 160 valence electrons. The predicted octanol–water partition coefficient (Wildman–Crippen LogP) is 5.21. The van der Waals surface area contributed by atoms with Crippen molar-refractivity contribution in [3.05, 3.63) is 57.9 Å². The van der Waals surface area contributed by atoms with Gasteiger partial charge in [0.2, 0.25) is 17.5 Å². The molecule has 0 bridgehead atoms. The molecule has 31 heavy (non-hydrogen) atoms. The first-order valence-electron chi connectivity index (χ1n) is 9.91. The molecule has 2 aromatic heterocycles. The molecule has 0 saturated carbocycles. The van der Waals surface area contributed by atoms with Gasteiger partial charge in [-0.05, 0) is 49.6 Å². The topological polar surface area (TPSA) is 95.3 Å². The van der Waals surface area contributed by atoms with Crippen molar-refractivity contribution < 1.29 is 13.6 Å². The monoisotopic (exact) mass is 458 g/mol. The van der Waals surface area contributed by atoms with Crippen LogP contribution in [0.25, 0.3) is 11.7 Å². The molecule has 1 aliphatic heterocycles. The van der Waals surface area contributed by atoms with Crippen LogP contribution >= 0.6 is 23.2 Å². The lowest BCUT2D eigenvalue weighted by atomic mass is 9.95. The van der Waals surface area contributed by atoms with Gasteiger partial charge in [-0.1, -0.05) is 29.3 Å². The number of nitrogens with zero attached hydrogens (tertiary/aromatic N) is 3. The first-order chi connectivity index (χ1) is 15.0. The number of carbonyl (C=O) groups excluding carboxylic acids is 1. The van der Waals surface area contributed by atoms with Crippen LogP contribution in [0.5, 0.6) is 0 Å². The molecule has 7 nitrogen and oxygen atoms in total. The third-order valence-electron chi connectivity index (χ3n) is 5.40. The molecule has 1 aromatic carbocycles. The van der Waals surface area contributed by atoms with Gasteiger partial charge >= 0.3 is 0 Å². The summed E-state index contributed by atoms with van der Waals surface area (Å²) in [6, 6.07) is 10.7. The van der Waals surface area contributed by atoms with Crippen molar-refractivity contribution >= 4 is 35.0 Å². The minimum Gasteiger partial charge on any atom is -0.459 e. The highest BCUT2D eigenvalue weighted by Gasteiger charge is 2.30. The molecule has 3 heterocycles. The molecule has 1 unspecified atom stereocenters. The van der Waals surface area contributed by atoms with Crippen LogP contribution < -0.4 is 10.2 Å². The number of amides is 1. The number of carbonyl (C=O) groups is 1. The van der Waals surface area contributed by atoms with E-state index in [0.717, 1.165) is 5.56 Å². The Morgan fingerprint density at radius 3 is 2.71 bits per heavy atom. The van der Waals surface area contributed by atoms with Gasteiger partial charge in [-0.25, -0.2) is 0 Å². The van der Waals surface area contributed by atoms with Crippen molar-refractivity contribution in [3.63, 3.8) is 0 Å². The minimum absolute atomic E-state index is 0.00688. The molecule has 1 fully saturated rings. The second-order valence-corrected chi connectivity index (χ2v) is 8.24. The smallest absolute Gasteiger partial charge is 0.266 e. The molecule has 3 aromatic rings. The summed E-state index contributed by atoms with van der Waals surface area (Å²) in [5, 5.41) is 13.4. The number of furan rings is 1. The maximum atomic E-state index is 12.8. The van der Waals surface area contributed by atoms with E-state index in [1.807, 2.05) is 17.9 Å². The highest BCUT2D eigenvalue weighted by atomic mass is 35.5. The molecule has 1 amide bonds. The van der Waals surface area contributed by atoms with Crippen molar-refractivity contribution in [2.24, 2.45) is 5.92 Å². The number of benzene rings is 1. The summed E-state index contributed by atoms with van der Waals surface area (Å²) in [5.74, 6) is 1.02. The SMILES string of the molecule is CC(NC(=O)C1CCN(c2oc(-c3ccco3)nc2C#N)CC1)c1ccc(Cl)c(Cl)c1. The van der Waals surface area contributed by atoms with Crippen LogP contribution in [0.15, 0.2) is 45.4 Å². The summed E-state index contributed by atoms with van der Waals surface area (Å²) >= 11 is 12.1. The Kier molecular flexibility index (Phi) is 6.21. The third kappa shape index (κ3) is 4.55. The summed E-state index contributed by atoms with van der Waals surface area (Å²) in [4.78, 5) is 18.9. The van der Waals surface area contributed by atoms with E-state index in [-0.39, 0.29) is 29.5 Å². The van der Waals surface area contributed by atoms with E-state index in [0.29, 0.717) is 47.6 Å². The van der Waals surface area contributed by atoms with Gasteiger partial charge in [0.1, 0.15) is 6.07 Å². The average molecular weight is 459 g/mol. The van der Waals surface area contributed by atoms with E-state index in [4.69, 9.17) is 32.0 Å². The number of halogens is 2. The minimum atomic E-state index is -0.185. The molecule has 1 N–H and O–H groups in total. The van der Waals surface area contributed by atoms with Crippen LogP contribution in [0, 0.1) is 17.2 Å². The number of nitriles is 1. The van der Waals surface area contributed by atoms with Gasteiger partial charge in [0, 0.05) is 19.0 Å². The van der Waals surface area contributed by atoms with E-state index < -0.39 is 0 Å². The normalized spacial score (nSPS) is 15.5. The molecule has 0 radical (unpaired) electrons. The Labute approximate surface area is 189 Å². The second kappa shape index (κ2) is 9.04. The number of aromatic nitrogens is 1. The summed E-state index contributed by atoms with van der Waals surface area (Å²) in [5.41, 5.74) is 1.11. The number of rotatable bonds is 5. The second-order valence-electron chi connectivity index (χ2n) is 7.43. The number of hydrogen-bond acceptors (Lipinski definition) is 6. The predicted molar refractivity (Wildman–Crippen MR) is 117 cm³/mol. The lowest BCUT2D eigenvalue weighted by Crippen LogP contribution is -2.41. The van der Waals surface area contributed by atoms with E-state index in [9.17, 15) is 10.1 Å². The Morgan fingerprint density at radius 1 is 1.29 bits per heavy atom. The Morgan fingerprint density at radius 2 is 2.06 bits per heavy atom. The average Bonchev–Trinajstić information content (AvgIpc) is 3.45. The lowest BCUT2D eigenvalue weighted by molar-refractivity contribution is -0.126. The zero-order valence-electron chi connectivity index (χ0n) is 16.8. The van der Waals surface area contributed by atoms with Gasteiger partial charge < -0.3 is 19.1 Å². The van der Waals surface area contributed by atoms with E-state index in [1.165, 1.54) is 6.26 Å². The Hall–Kier alpha value is -2.95. The summed E-state index contributed by atoms with van der Waals surface area (Å²) in [7, 11) is 0. The van der Waals surface area contributed by atoms with Crippen LogP contribution in [0.4, 0.5) is 5.88 Å². The van der Waals surface area contributed by atoms with Crippen LogP contribution in [-0.2, 0) is 4.79 Å². The highest BCUT2D eigenvalue weighted by Crippen LogP contribution is 2.32. The summed E-state index contributed by atoms with van der Waals surface area (Å²) in [6.07, 6.45) is 2.80. The fourth-order valence-corrected chi connectivity index (χ4v) is 3.95. The van der Waals surface area contributed by atoms with Gasteiger partial charge in [0.25, 0.3) is 5.89 Å². The van der Waals surface area contributed by atoms with Crippen molar-refractivity contribution in [2.45, 2.75) is 25.8 Å². The summed E-state index contributed by atoms with van der Waals surface area (Å²) < 4.78 is 11.1. The number of anilines is 1. The zero-order chi connectivity index (χ0) is 22.0. The fraction of sp³-hybridized carbons (Fsp3) is 0.318. The van der Waals surface area contributed by atoms with Crippen molar-refractivity contribution in [1.29, 1.82) is 5.26 Å². The Bertz CT molecular complexity index is 1110. The zero-order valence-corrected chi connectivity index (χ0v) is 18.3. The van der Waals surface area contributed by atoms with Gasteiger partial charge in [0.15, 0.2) is 5.76 Å². The molecule has 1 saturated heterocycles. The summed E-state index contributed by atoms with van der Waals surface area (Å²) in [6.45, 7) is 3.08. The lowest BCUT2D eigenvalue weighted by Gasteiger charge is -2.31. The first kappa shape index (κ1) is 21.3. The van der Waals surface area contributed by atoms with Crippen LogP contribution in [0.1, 0.15) is 37.1 Å².